The Labute approximate surface area is 148 Å². The zero-order valence-electron chi connectivity index (χ0n) is 13.2. The van der Waals surface area contributed by atoms with Gasteiger partial charge in [0, 0.05) is 24.4 Å². The molecule has 0 N–H and O–H groups in total. The van der Waals surface area contributed by atoms with Gasteiger partial charge in [0.25, 0.3) is 0 Å². The third-order valence-electron chi connectivity index (χ3n) is 4.14. The third kappa shape index (κ3) is 2.38. The van der Waals surface area contributed by atoms with Crippen LogP contribution in [0.2, 0.25) is 0 Å². The molecule has 0 fully saturated rings. The van der Waals surface area contributed by atoms with Crippen molar-refractivity contribution in [2.75, 3.05) is 0 Å². The maximum atomic E-state index is 4.95. The van der Waals surface area contributed by atoms with Crippen LogP contribution in [0.5, 0.6) is 0 Å². The molecule has 0 saturated heterocycles. The van der Waals surface area contributed by atoms with Crippen molar-refractivity contribution in [1.82, 2.24) is 14.6 Å². The fourth-order valence-corrected chi connectivity index (χ4v) is 4.04. The molecule has 0 bridgehead atoms. The molecule has 0 spiro atoms. The lowest BCUT2D eigenvalue weighted by Crippen LogP contribution is -1.97. The van der Waals surface area contributed by atoms with Crippen molar-refractivity contribution in [3.8, 4) is 21.8 Å². The summed E-state index contributed by atoms with van der Waals surface area (Å²) >= 11 is 1.65. The largest absolute Gasteiger partial charge is 0.240 e. The summed E-state index contributed by atoms with van der Waals surface area (Å²) in [7, 11) is 0. The highest BCUT2D eigenvalue weighted by Crippen LogP contribution is 2.36. The summed E-state index contributed by atoms with van der Waals surface area (Å²) in [6.07, 6.45) is 6.40. The van der Waals surface area contributed by atoms with Crippen molar-refractivity contribution in [3.63, 3.8) is 0 Å². The molecule has 120 valence electrons. The van der Waals surface area contributed by atoms with E-state index in [4.69, 9.17) is 4.98 Å². The molecule has 0 atom stereocenters. The number of thiazole rings is 1. The Morgan fingerprint density at radius 2 is 1.88 bits per heavy atom. The second-order valence-electron chi connectivity index (χ2n) is 5.70. The van der Waals surface area contributed by atoms with Crippen LogP contribution in [0, 0.1) is 0 Å². The second-order valence-corrected chi connectivity index (χ2v) is 6.70. The average Bonchev–Trinajstić information content (AvgIpc) is 3.40. The first-order valence-electron chi connectivity index (χ1n) is 7.98. The van der Waals surface area contributed by atoms with Gasteiger partial charge in [0.05, 0.1) is 33.6 Å². The van der Waals surface area contributed by atoms with Crippen LogP contribution in [0.3, 0.4) is 0 Å². The van der Waals surface area contributed by atoms with Crippen molar-refractivity contribution >= 4 is 28.8 Å². The van der Waals surface area contributed by atoms with Crippen molar-refractivity contribution < 1.29 is 0 Å². The molecule has 5 rings (SSSR count). The standard InChI is InChI=1S/C19H13N5S/c1-2-6-13(7-3-1)17-18(15-9-10-20-23-15)25-19(22-17)14-12-21-24-11-5-4-8-16(14)24/h1-8,10-12H,9H2. The predicted octanol–water partition coefficient (Wildman–Crippen LogP) is 4.30. The molecule has 0 amide bonds. The highest BCUT2D eigenvalue weighted by molar-refractivity contribution is 7.17. The summed E-state index contributed by atoms with van der Waals surface area (Å²) in [5.41, 5.74) is 5.10. The van der Waals surface area contributed by atoms with Gasteiger partial charge in [0.2, 0.25) is 0 Å². The summed E-state index contributed by atoms with van der Waals surface area (Å²) in [5.74, 6) is 0. The van der Waals surface area contributed by atoms with Crippen LogP contribution >= 0.6 is 11.3 Å². The van der Waals surface area contributed by atoms with Crippen LogP contribution in [-0.2, 0) is 0 Å². The van der Waals surface area contributed by atoms with Gasteiger partial charge in [0.15, 0.2) is 0 Å². The van der Waals surface area contributed by atoms with Gasteiger partial charge in [-0.15, -0.1) is 11.3 Å². The van der Waals surface area contributed by atoms with Crippen LogP contribution in [-0.4, -0.2) is 26.5 Å². The van der Waals surface area contributed by atoms with E-state index < -0.39 is 0 Å². The summed E-state index contributed by atoms with van der Waals surface area (Å²) < 4.78 is 1.87. The quantitative estimate of drug-likeness (QED) is 0.557. The molecule has 25 heavy (non-hydrogen) atoms. The van der Waals surface area contributed by atoms with E-state index in [9.17, 15) is 0 Å². The van der Waals surface area contributed by atoms with Crippen LogP contribution in [0.15, 0.2) is 71.1 Å². The molecular weight excluding hydrogens is 330 g/mol. The number of aromatic nitrogens is 3. The van der Waals surface area contributed by atoms with Crippen molar-refractivity contribution in [1.29, 1.82) is 0 Å². The number of hydrogen-bond acceptors (Lipinski definition) is 5. The Kier molecular flexibility index (Phi) is 3.28. The molecule has 1 aromatic carbocycles. The van der Waals surface area contributed by atoms with E-state index in [-0.39, 0.29) is 0 Å². The van der Waals surface area contributed by atoms with E-state index >= 15 is 0 Å². The van der Waals surface area contributed by atoms with Crippen molar-refractivity contribution in [2.24, 2.45) is 10.2 Å². The summed E-state index contributed by atoms with van der Waals surface area (Å²) in [6.45, 7) is 0. The number of benzene rings is 1. The molecule has 3 aromatic heterocycles. The predicted molar refractivity (Wildman–Crippen MR) is 101 cm³/mol. The number of nitrogens with zero attached hydrogens (tertiary/aromatic N) is 5. The number of pyridine rings is 1. The molecule has 0 saturated carbocycles. The van der Waals surface area contributed by atoms with Gasteiger partial charge in [-0.25, -0.2) is 9.50 Å². The lowest BCUT2D eigenvalue weighted by Gasteiger charge is -2.00. The van der Waals surface area contributed by atoms with Gasteiger partial charge >= 0.3 is 0 Å². The van der Waals surface area contributed by atoms with Crippen molar-refractivity contribution in [3.05, 3.63) is 65.8 Å². The minimum absolute atomic E-state index is 0.746. The zero-order valence-corrected chi connectivity index (χ0v) is 14.0. The van der Waals surface area contributed by atoms with Gasteiger partial charge in [-0.3, -0.25) is 0 Å². The van der Waals surface area contributed by atoms with Crippen LogP contribution in [0.25, 0.3) is 27.3 Å². The van der Waals surface area contributed by atoms with Crippen LogP contribution in [0.1, 0.15) is 11.3 Å². The van der Waals surface area contributed by atoms with Gasteiger partial charge < -0.3 is 0 Å². The summed E-state index contributed by atoms with van der Waals surface area (Å²) in [6, 6.07) is 16.3. The minimum Gasteiger partial charge on any atom is -0.240 e. The van der Waals surface area contributed by atoms with E-state index in [1.54, 1.807) is 11.3 Å². The van der Waals surface area contributed by atoms with Gasteiger partial charge in [-0.2, -0.15) is 15.3 Å². The maximum Gasteiger partial charge on any atom is 0.128 e. The number of hydrogen-bond donors (Lipinski definition) is 0. The molecule has 4 aromatic rings. The van der Waals surface area contributed by atoms with Gasteiger partial charge in [0.1, 0.15) is 5.01 Å². The maximum absolute atomic E-state index is 4.95. The molecule has 0 unspecified atom stereocenters. The molecular formula is C19H13N5S. The van der Waals surface area contributed by atoms with E-state index in [1.807, 2.05) is 53.5 Å². The minimum atomic E-state index is 0.746. The molecule has 0 aliphatic carbocycles. The first-order valence-corrected chi connectivity index (χ1v) is 8.79. The molecule has 0 radical (unpaired) electrons. The number of fused-ring (bicyclic) bond motifs is 1. The fourth-order valence-electron chi connectivity index (χ4n) is 2.94. The molecule has 6 heteroatoms. The van der Waals surface area contributed by atoms with Crippen LogP contribution < -0.4 is 0 Å². The Morgan fingerprint density at radius 3 is 2.72 bits per heavy atom. The summed E-state index contributed by atoms with van der Waals surface area (Å²) in [4.78, 5) is 6.02. The molecule has 4 heterocycles. The monoisotopic (exact) mass is 343 g/mol. The first kappa shape index (κ1) is 14.2. The number of rotatable bonds is 3. The average molecular weight is 343 g/mol. The Morgan fingerprint density at radius 1 is 1.00 bits per heavy atom. The molecule has 5 nitrogen and oxygen atoms in total. The Balaban J connectivity index is 1.71. The van der Waals surface area contributed by atoms with E-state index in [0.717, 1.165) is 44.4 Å². The smallest absolute Gasteiger partial charge is 0.128 e. The Hall–Kier alpha value is -3.12. The second kappa shape index (κ2) is 5.75. The van der Waals surface area contributed by atoms with E-state index in [2.05, 4.69) is 33.5 Å². The van der Waals surface area contributed by atoms with Gasteiger partial charge in [-0.1, -0.05) is 36.4 Å². The topological polar surface area (TPSA) is 54.9 Å². The van der Waals surface area contributed by atoms with E-state index in [1.165, 1.54) is 0 Å². The summed E-state index contributed by atoms with van der Waals surface area (Å²) in [5, 5.41) is 13.7. The third-order valence-corrected chi connectivity index (χ3v) is 5.28. The first-order chi connectivity index (χ1) is 12.4. The lowest BCUT2D eigenvalue weighted by atomic mass is 10.1. The van der Waals surface area contributed by atoms with E-state index in [0.29, 0.717) is 0 Å². The van der Waals surface area contributed by atoms with Crippen molar-refractivity contribution in [2.45, 2.75) is 6.42 Å². The lowest BCUT2D eigenvalue weighted by molar-refractivity contribution is 0.961. The molecule has 1 aliphatic heterocycles. The highest BCUT2D eigenvalue weighted by atomic mass is 32.1. The van der Waals surface area contributed by atoms with Crippen LogP contribution in [0.4, 0.5) is 0 Å². The van der Waals surface area contributed by atoms with Gasteiger partial charge in [-0.05, 0) is 12.1 Å². The normalized spacial score (nSPS) is 13.5. The fraction of sp³-hybridized carbons (Fsp3) is 0.0526. The highest BCUT2D eigenvalue weighted by Gasteiger charge is 2.21. The zero-order chi connectivity index (χ0) is 16.6. The Bertz CT molecular complexity index is 1120. The molecule has 1 aliphatic rings. The SMILES string of the molecule is C1=NN=C(c2sc(-c3cnn4ccccc34)nc2-c2ccccc2)C1.